The van der Waals surface area contributed by atoms with Crippen molar-refractivity contribution in [1.29, 1.82) is 0 Å². The molecule has 2 rings (SSSR count). The lowest BCUT2D eigenvalue weighted by Crippen LogP contribution is -2.43. The average Bonchev–Trinajstić information content (AvgIpc) is 2.45. The lowest BCUT2D eigenvalue weighted by atomic mass is 10.1. The summed E-state index contributed by atoms with van der Waals surface area (Å²) in [5.74, 6) is -0.848. The van der Waals surface area contributed by atoms with E-state index in [1.807, 2.05) is 0 Å². The highest BCUT2D eigenvalue weighted by Crippen LogP contribution is 2.19. The SMILES string of the molecule is CCCOC1CCCN(C(=O)c2ccc(N)cc2F)C1. The van der Waals surface area contributed by atoms with Crippen molar-refractivity contribution in [3.05, 3.63) is 29.6 Å². The molecule has 0 aromatic heterocycles. The standard InChI is InChI=1S/C15H21FN2O2/c1-2-8-20-12-4-3-7-18(10-12)15(19)13-6-5-11(17)9-14(13)16/h5-6,9,12H,2-4,7-8,10,17H2,1H3. The van der Waals surface area contributed by atoms with Crippen molar-refractivity contribution in [3.8, 4) is 0 Å². The number of piperidine rings is 1. The highest BCUT2D eigenvalue weighted by atomic mass is 19.1. The van der Waals surface area contributed by atoms with E-state index in [2.05, 4.69) is 6.92 Å². The van der Waals surface area contributed by atoms with Crippen LogP contribution in [0.5, 0.6) is 0 Å². The average molecular weight is 280 g/mol. The Labute approximate surface area is 118 Å². The van der Waals surface area contributed by atoms with Crippen LogP contribution in [0.3, 0.4) is 0 Å². The van der Waals surface area contributed by atoms with Crippen LogP contribution in [0, 0.1) is 5.82 Å². The van der Waals surface area contributed by atoms with Crippen LogP contribution in [0.15, 0.2) is 18.2 Å². The minimum absolute atomic E-state index is 0.0597. The van der Waals surface area contributed by atoms with Gasteiger partial charge in [0.25, 0.3) is 5.91 Å². The lowest BCUT2D eigenvalue weighted by molar-refractivity contribution is 0.00196. The van der Waals surface area contributed by atoms with Crippen molar-refractivity contribution < 1.29 is 13.9 Å². The first kappa shape index (κ1) is 14.8. The summed E-state index contributed by atoms with van der Waals surface area (Å²) in [6.45, 7) is 3.93. The molecule has 1 heterocycles. The molecule has 0 spiro atoms. The van der Waals surface area contributed by atoms with Gasteiger partial charge in [-0.15, -0.1) is 0 Å². The summed E-state index contributed by atoms with van der Waals surface area (Å²) in [7, 11) is 0. The van der Waals surface area contributed by atoms with Crippen LogP contribution in [0.25, 0.3) is 0 Å². The number of hydrogen-bond acceptors (Lipinski definition) is 3. The zero-order valence-electron chi connectivity index (χ0n) is 11.8. The molecule has 1 unspecified atom stereocenters. The van der Waals surface area contributed by atoms with Gasteiger partial charge in [0.1, 0.15) is 5.82 Å². The van der Waals surface area contributed by atoms with Gasteiger partial charge in [-0.2, -0.15) is 0 Å². The number of likely N-dealkylation sites (tertiary alicyclic amines) is 1. The van der Waals surface area contributed by atoms with Crippen molar-refractivity contribution >= 4 is 11.6 Å². The number of nitrogens with zero attached hydrogens (tertiary/aromatic N) is 1. The summed E-state index contributed by atoms with van der Waals surface area (Å²) in [5, 5.41) is 0. The minimum Gasteiger partial charge on any atom is -0.399 e. The van der Waals surface area contributed by atoms with Crippen molar-refractivity contribution in [1.82, 2.24) is 4.90 Å². The molecule has 1 atom stereocenters. The molecule has 1 aromatic rings. The Kier molecular flexibility index (Phi) is 4.95. The van der Waals surface area contributed by atoms with E-state index < -0.39 is 5.82 Å². The highest BCUT2D eigenvalue weighted by molar-refractivity contribution is 5.94. The first-order valence-corrected chi connectivity index (χ1v) is 7.07. The Morgan fingerprint density at radius 1 is 1.55 bits per heavy atom. The van der Waals surface area contributed by atoms with E-state index in [9.17, 15) is 9.18 Å². The van der Waals surface area contributed by atoms with E-state index in [1.165, 1.54) is 12.1 Å². The van der Waals surface area contributed by atoms with Crippen molar-refractivity contribution in [2.45, 2.75) is 32.3 Å². The number of hydrogen-bond donors (Lipinski definition) is 1. The molecule has 5 heteroatoms. The number of carbonyl (C=O) groups is 1. The lowest BCUT2D eigenvalue weighted by Gasteiger charge is -2.32. The zero-order chi connectivity index (χ0) is 14.5. The molecule has 1 fully saturated rings. The van der Waals surface area contributed by atoms with Gasteiger partial charge >= 0.3 is 0 Å². The molecule has 4 nitrogen and oxygen atoms in total. The topological polar surface area (TPSA) is 55.6 Å². The van der Waals surface area contributed by atoms with E-state index in [4.69, 9.17) is 10.5 Å². The maximum absolute atomic E-state index is 13.8. The van der Waals surface area contributed by atoms with Gasteiger partial charge < -0.3 is 15.4 Å². The number of nitrogen functional groups attached to an aromatic ring is 1. The van der Waals surface area contributed by atoms with Gasteiger partial charge in [-0.3, -0.25) is 4.79 Å². The molecule has 2 N–H and O–H groups in total. The largest absolute Gasteiger partial charge is 0.399 e. The molecule has 1 aliphatic heterocycles. The van der Waals surface area contributed by atoms with Gasteiger partial charge in [0, 0.05) is 25.4 Å². The monoisotopic (exact) mass is 280 g/mol. The number of ether oxygens (including phenoxy) is 1. The maximum Gasteiger partial charge on any atom is 0.256 e. The smallest absolute Gasteiger partial charge is 0.256 e. The first-order chi connectivity index (χ1) is 9.61. The van der Waals surface area contributed by atoms with Crippen LogP contribution < -0.4 is 5.73 Å². The van der Waals surface area contributed by atoms with Gasteiger partial charge in [0.2, 0.25) is 0 Å². The van der Waals surface area contributed by atoms with E-state index in [-0.39, 0.29) is 17.6 Å². The third kappa shape index (κ3) is 3.48. The second kappa shape index (κ2) is 6.70. The molecule has 0 bridgehead atoms. The van der Waals surface area contributed by atoms with Crippen LogP contribution in [-0.4, -0.2) is 36.6 Å². The summed E-state index contributed by atoms with van der Waals surface area (Å²) in [6.07, 6.45) is 2.85. The second-order valence-electron chi connectivity index (χ2n) is 5.13. The van der Waals surface area contributed by atoms with Crippen LogP contribution in [0.1, 0.15) is 36.5 Å². The number of nitrogens with two attached hydrogens (primary N) is 1. The molecule has 0 radical (unpaired) electrons. The molecule has 1 amide bonds. The molecule has 1 aromatic carbocycles. The number of rotatable bonds is 4. The van der Waals surface area contributed by atoms with Gasteiger partial charge in [-0.05, 0) is 37.5 Å². The third-order valence-electron chi connectivity index (χ3n) is 3.45. The third-order valence-corrected chi connectivity index (χ3v) is 3.45. The molecule has 110 valence electrons. The Bertz CT molecular complexity index is 479. The van der Waals surface area contributed by atoms with Crippen LogP contribution in [0.2, 0.25) is 0 Å². The minimum atomic E-state index is -0.563. The van der Waals surface area contributed by atoms with E-state index in [1.54, 1.807) is 11.0 Å². The van der Waals surface area contributed by atoms with Gasteiger partial charge in [-0.25, -0.2) is 4.39 Å². The van der Waals surface area contributed by atoms with Crippen molar-refractivity contribution in [2.24, 2.45) is 0 Å². The van der Waals surface area contributed by atoms with Gasteiger partial charge in [0.15, 0.2) is 0 Å². The Balaban J connectivity index is 2.04. The number of halogens is 1. The van der Waals surface area contributed by atoms with Crippen LogP contribution >= 0.6 is 0 Å². The maximum atomic E-state index is 13.8. The summed E-state index contributed by atoms with van der Waals surface area (Å²) in [6, 6.07) is 4.18. The number of carbonyl (C=O) groups excluding carboxylic acids is 1. The molecule has 1 saturated heterocycles. The number of benzene rings is 1. The predicted octanol–water partition coefficient (Wildman–Crippen LogP) is 2.44. The number of anilines is 1. The fraction of sp³-hybridized carbons (Fsp3) is 0.533. The van der Waals surface area contributed by atoms with Crippen molar-refractivity contribution in [2.75, 3.05) is 25.4 Å². The Morgan fingerprint density at radius 2 is 2.35 bits per heavy atom. The second-order valence-corrected chi connectivity index (χ2v) is 5.13. The van der Waals surface area contributed by atoms with E-state index >= 15 is 0 Å². The van der Waals surface area contributed by atoms with Crippen LogP contribution in [0.4, 0.5) is 10.1 Å². The van der Waals surface area contributed by atoms with E-state index in [0.29, 0.717) is 25.4 Å². The van der Waals surface area contributed by atoms with Gasteiger partial charge in [0.05, 0.1) is 11.7 Å². The molecule has 1 aliphatic rings. The van der Waals surface area contributed by atoms with Gasteiger partial charge in [-0.1, -0.05) is 6.92 Å². The highest BCUT2D eigenvalue weighted by Gasteiger charge is 2.26. The fourth-order valence-electron chi connectivity index (χ4n) is 2.42. The molecular formula is C15H21FN2O2. The predicted molar refractivity (Wildman–Crippen MR) is 76.0 cm³/mol. The van der Waals surface area contributed by atoms with Crippen molar-refractivity contribution in [3.63, 3.8) is 0 Å². The summed E-state index contributed by atoms with van der Waals surface area (Å²) >= 11 is 0. The fourth-order valence-corrected chi connectivity index (χ4v) is 2.42. The molecular weight excluding hydrogens is 259 g/mol. The summed E-state index contributed by atoms with van der Waals surface area (Å²) < 4.78 is 19.5. The number of amides is 1. The summed E-state index contributed by atoms with van der Waals surface area (Å²) in [5.41, 5.74) is 5.90. The molecule has 0 aliphatic carbocycles. The quantitative estimate of drug-likeness (QED) is 0.862. The molecule has 20 heavy (non-hydrogen) atoms. The normalized spacial score (nSPS) is 19.1. The Morgan fingerprint density at radius 3 is 3.05 bits per heavy atom. The Hall–Kier alpha value is -1.62. The summed E-state index contributed by atoms with van der Waals surface area (Å²) in [4.78, 5) is 14.0. The first-order valence-electron chi connectivity index (χ1n) is 7.07. The van der Waals surface area contributed by atoms with Crippen LogP contribution in [-0.2, 0) is 4.74 Å². The zero-order valence-corrected chi connectivity index (χ0v) is 11.8. The van der Waals surface area contributed by atoms with E-state index in [0.717, 1.165) is 19.3 Å². The molecule has 0 saturated carbocycles.